The minimum absolute atomic E-state index is 0.0194. The van der Waals surface area contributed by atoms with E-state index in [0.29, 0.717) is 5.92 Å². The molecule has 7 heteroatoms. The number of carbonyl (C=O) groups excluding carboxylic acids is 1. The zero-order valence-electron chi connectivity index (χ0n) is 19.0. The van der Waals surface area contributed by atoms with Gasteiger partial charge in [0.15, 0.2) is 5.13 Å². The first-order valence-electron chi connectivity index (χ1n) is 11.5. The molecule has 1 fully saturated rings. The Labute approximate surface area is 202 Å². The van der Waals surface area contributed by atoms with Gasteiger partial charge in [-0.15, -0.1) is 22.7 Å². The molecule has 2 aromatic carbocycles. The summed E-state index contributed by atoms with van der Waals surface area (Å²) in [7, 11) is 0. The number of para-hydroxylation sites is 1. The monoisotopic (exact) mass is 476 g/mol. The number of anilines is 2. The Kier molecular flexibility index (Phi) is 6.53. The van der Waals surface area contributed by atoms with Gasteiger partial charge in [-0.05, 0) is 55.6 Å². The third-order valence-corrected chi connectivity index (χ3v) is 8.27. The zero-order chi connectivity index (χ0) is 22.8. The Hall–Kier alpha value is -2.61. The van der Waals surface area contributed by atoms with Crippen LogP contribution in [0.2, 0.25) is 0 Å². The number of aromatic nitrogens is 2. The number of thiazole rings is 2. The van der Waals surface area contributed by atoms with Gasteiger partial charge in [-0.2, -0.15) is 0 Å². The smallest absolute Gasteiger partial charge is 0.230 e. The molecule has 0 N–H and O–H groups in total. The number of amides is 1. The van der Waals surface area contributed by atoms with E-state index in [1.165, 1.54) is 39.4 Å². The molecule has 0 spiro atoms. The molecule has 1 amide bonds. The standard InChI is InChI=1S/C26H28N4OS2/c1-3-19-10-12-22(13-11-19)30(18(2)31)26-27-21(17-32-26)16-29-14-6-7-20(15-29)25-28-23-8-4-5-9-24(23)33-25/h4-5,8-13,17,20H,3,6-7,14-16H2,1-2H3/t20-/m0/s1. The summed E-state index contributed by atoms with van der Waals surface area (Å²) >= 11 is 3.36. The fourth-order valence-corrected chi connectivity index (χ4v) is 6.44. The fourth-order valence-electron chi connectivity index (χ4n) is 4.47. The van der Waals surface area contributed by atoms with Gasteiger partial charge in [-0.25, -0.2) is 9.97 Å². The molecular formula is C26H28N4OS2. The number of carbonyl (C=O) groups is 1. The second kappa shape index (κ2) is 9.71. The van der Waals surface area contributed by atoms with Gasteiger partial charge >= 0.3 is 0 Å². The van der Waals surface area contributed by atoms with Crippen molar-refractivity contribution in [3.8, 4) is 0 Å². The van der Waals surface area contributed by atoms with Crippen molar-refractivity contribution in [3.63, 3.8) is 0 Å². The molecule has 0 unspecified atom stereocenters. The van der Waals surface area contributed by atoms with Crippen LogP contribution >= 0.6 is 22.7 Å². The third kappa shape index (κ3) is 4.86. The lowest BCUT2D eigenvalue weighted by Crippen LogP contribution is -2.34. The van der Waals surface area contributed by atoms with Crippen molar-refractivity contribution in [3.05, 3.63) is 70.2 Å². The summed E-state index contributed by atoms with van der Waals surface area (Å²) in [5.41, 5.74) is 4.26. The van der Waals surface area contributed by atoms with Crippen molar-refractivity contribution in [2.75, 3.05) is 18.0 Å². The second-order valence-electron chi connectivity index (χ2n) is 8.59. The molecule has 5 rings (SSSR count). The molecule has 0 saturated carbocycles. The van der Waals surface area contributed by atoms with E-state index in [4.69, 9.17) is 9.97 Å². The van der Waals surface area contributed by atoms with Crippen LogP contribution in [-0.2, 0) is 17.8 Å². The highest BCUT2D eigenvalue weighted by Crippen LogP contribution is 2.34. The highest BCUT2D eigenvalue weighted by molar-refractivity contribution is 7.18. The fraction of sp³-hybridized carbons (Fsp3) is 0.346. The lowest BCUT2D eigenvalue weighted by atomic mass is 9.98. The Balaban J connectivity index is 1.29. The molecule has 3 heterocycles. The quantitative estimate of drug-likeness (QED) is 0.324. The maximum Gasteiger partial charge on any atom is 0.230 e. The zero-order valence-corrected chi connectivity index (χ0v) is 20.7. The summed E-state index contributed by atoms with van der Waals surface area (Å²) < 4.78 is 1.27. The van der Waals surface area contributed by atoms with Crippen LogP contribution in [0.1, 0.15) is 48.9 Å². The average molecular weight is 477 g/mol. The molecule has 0 aliphatic carbocycles. The minimum Gasteiger partial charge on any atom is -0.297 e. The maximum atomic E-state index is 12.4. The average Bonchev–Trinajstić information content (AvgIpc) is 3.47. The molecule has 33 heavy (non-hydrogen) atoms. The van der Waals surface area contributed by atoms with Crippen molar-refractivity contribution >= 4 is 49.6 Å². The van der Waals surface area contributed by atoms with Gasteiger partial charge in [0.05, 0.1) is 26.6 Å². The predicted octanol–water partition coefficient (Wildman–Crippen LogP) is 6.38. The molecule has 2 aromatic heterocycles. The van der Waals surface area contributed by atoms with Crippen LogP contribution in [0.4, 0.5) is 10.8 Å². The number of hydrogen-bond acceptors (Lipinski definition) is 6. The molecule has 0 radical (unpaired) electrons. The lowest BCUT2D eigenvalue weighted by molar-refractivity contribution is -0.115. The minimum atomic E-state index is -0.0194. The lowest BCUT2D eigenvalue weighted by Gasteiger charge is -2.31. The van der Waals surface area contributed by atoms with Crippen molar-refractivity contribution < 1.29 is 4.79 Å². The number of nitrogens with zero attached hydrogens (tertiary/aromatic N) is 4. The highest BCUT2D eigenvalue weighted by atomic mass is 32.1. The summed E-state index contributed by atoms with van der Waals surface area (Å²) in [6.45, 7) is 6.61. The van der Waals surface area contributed by atoms with Crippen LogP contribution < -0.4 is 4.90 Å². The number of hydrogen-bond donors (Lipinski definition) is 0. The second-order valence-corrected chi connectivity index (χ2v) is 10.5. The van der Waals surface area contributed by atoms with E-state index >= 15 is 0 Å². The number of likely N-dealkylation sites (tertiary alicyclic amines) is 1. The molecule has 0 bridgehead atoms. The van der Waals surface area contributed by atoms with Crippen LogP contribution in [0.5, 0.6) is 0 Å². The van der Waals surface area contributed by atoms with Crippen LogP contribution in [-0.4, -0.2) is 33.9 Å². The normalized spacial score (nSPS) is 16.8. The van der Waals surface area contributed by atoms with Gasteiger partial charge in [-0.1, -0.05) is 31.2 Å². The SMILES string of the molecule is CCc1ccc(N(C(C)=O)c2nc(CN3CCC[C@H](c4nc5ccccc5s4)C3)cs2)cc1. The molecule has 1 atom stereocenters. The molecule has 1 aliphatic rings. The Morgan fingerprint density at radius 2 is 1.97 bits per heavy atom. The number of rotatable bonds is 6. The van der Waals surface area contributed by atoms with Crippen molar-refractivity contribution in [2.45, 2.75) is 45.6 Å². The van der Waals surface area contributed by atoms with Gasteiger partial charge in [0.25, 0.3) is 0 Å². The van der Waals surface area contributed by atoms with E-state index in [1.807, 2.05) is 23.5 Å². The van der Waals surface area contributed by atoms with E-state index < -0.39 is 0 Å². The molecule has 170 valence electrons. The first-order chi connectivity index (χ1) is 16.1. The van der Waals surface area contributed by atoms with E-state index in [9.17, 15) is 4.79 Å². The Bertz CT molecular complexity index is 1210. The van der Waals surface area contributed by atoms with Crippen molar-refractivity contribution in [1.82, 2.24) is 14.9 Å². The molecular weight excluding hydrogens is 448 g/mol. The highest BCUT2D eigenvalue weighted by Gasteiger charge is 2.25. The molecule has 1 aliphatic heterocycles. The summed E-state index contributed by atoms with van der Waals surface area (Å²) in [5, 5.41) is 4.08. The van der Waals surface area contributed by atoms with Crippen LogP contribution in [0, 0.1) is 0 Å². The Morgan fingerprint density at radius 3 is 2.73 bits per heavy atom. The summed E-state index contributed by atoms with van der Waals surface area (Å²) in [5.74, 6) is 0.453. The third-order valence-electron chi connectivity index (χ3n) is 6.20. The number of fused-ring (bicyclic) bond motifs is 1. The predicted molar refractivity (Wildman–Crippen MR) is 138 cm³/mol. The van der Waals surface area contributed by atoms with Crippen molar-refractivity contribution in [1.29, 1.82) is 0 Å². The largest absolute Gasteiger partial charge is 0.297 e. The Morgan fingerprint density at radius 1 is 1.15 bits per heavy atom. The summed E-state index contributed by atoms with van der Waals surface area (Å²) in [6.07, 6.45) is 3.33. The van der Waals surface area contributed by atoms with Crippen LogP contribution in [0.15, 0.2) is 53.9 Å². The number of piperidine rings is 1. The van der Waals surface area contributed by atoms with Crippen LogP contribution in [0.3, 0.4) is 0 Å². The van der Waals surface area contributed by atoms with E-state index in [0.717, 1.165) is 48.1 Å². The van der Waals surface area contributed by atoms with Crippen LogP contribution in [0.25, 0.3) is 10.2 Å². The van der Waals surface area contributed by atoms with E-state index in [2.05, 4.69) is 53.6 Å². The summed E-state index contributed by atoms with van der Waals surface area (Å²) in [6, 6.07) is 16.6. The van der Waals surface area contributed by atoms with Gasteiger partial charge in [-0.3, -0.25) is 14.6 Å². The first kappa shape index (κ1) is 22.2. The van der Waals surface area contributed by atoms with Gasteiger partial charge in [0.1, 0.15) is 0 Å². The molecule has 5 nitrogen and oxygen atoms in total. The van der Waals surface area contributed by atoms with Crippen molar-refractivity contribution in [2.24, 2.45) is 0 Å². The van der Waals surface area contributed by atoms with Gasteiger partial charge < -0.3 is 0 Å². The van der Waals surface area contributed by atoms with E-state index in [1.54, 1.807) is 11.8 Å². The van der Waals surface area contributed by atoms with Gasteiger partial charge in [0, 0.05) is 31.3 Å². The summed E-state index contributed by atoms with van der Waals surface area (Å²) in [4.78, 5) is 26.4. The topological polar surface area (TPSA) is 49.3 Å². The molecule has 1 saturated heterocycles. The number of benzene rings is 2. The van der Waals surface area contributed by atoms with E-state index in [-0.39, 0.29) is 5.91 Å². The molecule has 4 aromatic rings. The maximum absolute atomic E-state index is 12.4. The van der Waals surface area contributed by atoms with Gasteiger partial charge in [0.2, 0.25) is 5.91 Å². The first-order valence-corrected chi connectivity index (χ1v) is 13.2. The number of aryl methyl sites for hydroxylation is 1.